The fourth-order valence-electron chi connectivity index (χ4n) is 1.13. The van der Waals surface area contributed by atoms with E-state index >= 15 is 0 Å². The average Bonchev–Trinajstić information content (AvgIpc) is 2.01. The average molecular weight is 216 g/mol. The van der Waals surface area contributed by atoms with Gasteiger partial charge < -0.3 is 15.8 Å². The van der Waals surface area contributed by atoms with Crippen molar-refractivity contribution in [2.45, 2.75) is 46.2 Å². The smallest absolute Gasteiger partial charge is 0.221 e. The molecule has 4 heteroatoms. The summed E-state index contributed by atoms with van der Waals surface area (Å²) in [6.45, 7) is 8.52. The third-order valence-electron chi connectivity index (χ3n) is 2.34. The Labute approximate surface area is 92.6 Å². The van der Waals surface area contributed by atoms with Crippen LogP contribution >= 0.6 is 0 Å². The van der Waals surface area contributed by atoms with Gasteiger partial charge >= 0.3 is 0 Å². The standard InChI is InChI=1S/C11H24N2O2/c1-8(7-15-5)13-10(14)6-9(12)11(2,3)4/h8-9H,6-7,12H2,1-5H3,(H,13,14). The van der Waals surface area contributed by atoms with Crippen molar-refractivity contribution in [2.24, 2.45) is 11.1 Å². The highest BCUT2D eigenvalue weighted by atomic mass is 16.5. The highest BCUT2D eigenvalue weighted by Crippen LogP contribution is 2.19. The first kappa shape index (κ1) is 14.4. The van der Waals surface area contributed by atoms with E-state index in [1.807, 2.05) is 27.7 Å². The van der Waals surface area contributed by atoms with E-state index in [4.69, 9.17) is 10.5 Å². The van der Waals surface area contributed by atoms with E-state index < -0.39 is 0 Å². The van der Waals surface area contributed by atoms with Crippen LogP contribution in [0.2, 0.25) is 0 Å². The van der Waals surface area contributed by atoms with Crippen LogP contribution in [-0.2, 0) is 9.53 Å². The Morgan fingerprint density at radius 1 is 1.47 bits per heavy atom. The number of amides is 1. The molecule has 0 saturated heterocycles. The molecule has 4 nitrogen and oxygen atoms in total. The van der Waals surface area contributed by atoms with Crippen molar-refractivity contribution in [2.75, 3.05) is 13.7 Å². The van der Waals surface area contributed by atoms with Crippen molar-refractivity contribution in [3.05, 3.63) is 0 Å². The van der Waals surface area contributed by atoms with Crippen LogP contribution in [0.4, 0.5) is 0 Å². The normalized spacial score (nSPS) is 15.9. The molecule has 0 radical (unpaired) electrons. The maximum Gasteiger partial charge on any atom is 0.221 e. The van der Waals surface area contributed by atoms with Gasteiger partial charge in [-0.2, -0.15) is 0 Å². The Bertz CT molecular complexity index is 199. The molecule has 15 heavy (non-hydrogen) atoms. The zero-order valence-electron chi connectivity index (χ0n) is 10.5. The summed E-state index contributed by atoms with van der Waals surface area (Å²) in [5.74, 6) is -0.0121. The number of hydrogen-bond acceptors (Lipinski definition) is 3. The van der Waals surface area contributed by atoms with Gasteiger partial charge in [-0.25, -0.2) is 0 Å². The lowest BCUT2D eigenvalue weighted by molar-refractivity contribution is -0.122. The quantitative estimate of drug-likeness (QED) is 0.717. The molecule has 0 fully saturated rings. The predicted octanol–water partition coefficient (Wildman–Crippen LogP) is 0.901. The molecule has 0 bridgehead atoms. The molecule has 2 atom stereocenters. The van der Waals surface area contributed by atoms with Gasteiger partial charge in [-0.1, -0.05) is 20.8 Å². The van der Waals surface area contributed by atoms with Crippen LogP contribution < -0.4 is 11.1 Å². The molecule has 0 aromatic rings. The Morgan fingerprint density at radius 3 is 2.40 bits per heavy atom. The van der Waals surface area contributed by atoms with Crippen molar-refractivity contribution in [3.8, 4) is 0 Å². The third-order valence-corrected chi connectivity index (χ3v) is 2.34. The van der Waals surface area contributed by atoms with Gasteiger partial charge in [-0.05, 0) is 12.3 Å². The van der Waals surface area contributed by atoms with Gasteiger partial charge in [0.15, 0.2) is 0 Å². The minimum absolute atomic E-state index is 0.0121. The zero-order chi connectivity index (χ0) is 12.1. The van der Waals surface area contributed by atoms with Gasteiger partial charge in [0.05, 0.1) is 6.61 Å². The lowest BCUT2D eigenvalue weighted by Crippen LogP contribution is -2.43. The van der Waals surface area contributed by atoms with Gasteiger partial charge in [-0.3, -0.25) is 4.79 Å². The first-order chi connectivity index (χ1) is 6.77. The SMILES string of the molecule is COCC(C)NC(=O)CC(N)C(C)(C)C. The summed E-state index contributed by atoms with van der Waals surface area (Å²) in [6, 6.07) is -0.0816. The minimum atomic E-state index is -0.118. The largest absolute Gasteiger partial charge is 0.383 e. The summed E-state index contributed by atoms with van der Waals surface area (Å²) in [5.41, 5.74) is 5.87. The molecular formula is C11H24N2O2. The molecule has 2 unspecified atom stereocenters. The van der Waals surface area contributed by atoms with Gasteiger partial charge in [0, 0.05) is 25.6 Å². The van der Waals surface area contributed by atoms with Gasteiger partial charge in [0.1, 0.15) is 0 Å². The van der Waals surface area contributed by atoms with Crippen LogP contribution in [0.15, 0.2) is 0 Å². The second-order valence-electron chi connectivity index (χ2n) is 5.10. The van der Waals surface area contributed by atoms with Crippen molar-refractivity contribution < 1.29 is 9.53 Å². The first-order valence-electron chi connectivity index (χ1n) is 5.31. The van der Waals surface area contributed by atoms with Crippen LogP contribution in [0, 0.1) is 5.41 Å². The predicted molar refractivity (Wildman–Crippen MR) is 61.5 cm³/mol. The van der Waals surface area contributed by atoms with Gasteiger partial charge in [0.25, 0.3) is 0 Å². The van der Waals surface area contributed by atoms with E-state index in [0.29, 0.717) is 13.0 Å². The highest BCUT2D eigenvalue weighted by molar-refractivity contribution is 5.76. The maximum atomic E-state index is 11.5. The van der Waals surface area contributed by atoms with Crippen LogP contribution in [0.1, 0.15) is 34.1 Å². The summed E-state index contributed by atoms with van der Waals surface area (Å²) in [4.78, 5) is 11.5. The molecular weight excluding hydrogens is 192 g/mol. The number of hydrogen-bond donors (Lipinski definition) is 2. The van der Waals surface area contributed by atoms with Gasteiger partial charge in [0.2, 0.25) is 5.91 Å². The zero-order valence-corrected chi connectivity index (χ0v) is 10.5. The molecule has 0 saturated carbocycles. The van der Waals surface area contributed by atoms with Crippen LogP contribution in [0.25, 0.3) is 0 Å². The molecule has 0 heterocycles. The number of rotatable bonds is 5. The molecule has 0 spiro atoms. The Morgan fingerprint density at radius 2 is 2.00 bits per heavy atom. The second kappa shape index (κ2) is 6.08. The number of methoxy groups -OCH3 is 1. The summed E-state index contributed by atoms with van der Waals surface area (Å²) in [5, 5.41) is 2.84. The lowest BCUT2D eigenvalue weighted by atomic mass is 9.85. The number of carbonyl (C=O) groups excluding carboxylic acids is 1. The van der Waals surface area contributed by atoms with Crippen molar-refractivity contribution in [3.63, 3.8) is 0 Å². The fourth-order valence-corrected chi connectivity index (χ4v) is 1.13. The van der Waals surface area contributed by atoms with Crippen molar-refractivity contribution in [1.29, 1.82) is 0 Å². The molecule has 0 aliphatic rings. The monoisotopic (exact) mass is 216 g/mol. The van der Waals surface area contributed by atoms with E-state index in [1.165, 1.54) is 0 Å². The lowest BCUT2D eigenvalue weighted by Gasteiger charge is -2.27. The summed E-state index contributed by atoms with van der Waals surface area (Å²) >= 11 is 0. The number of nitrogens with two attached hydrogens (primary N) is 1. The second-order valence-corrected chi connectivity index (χ2v) is 5.10. The summed E-state index contributed by atoms with van der Waals surface area (Å²) in [6.07, 6.45) is 0.359. The maximum absolute atomic E-state index is 11.5. The fraction of sp³-hybridized carbons (Fsp3) is 0.909. The van der Waals surface area contributed by atoms with E-state index in [0.717, 1.165) is 0 Å². The highest BCUT2D eigenvalue weighted by Gasteiger charge is 2.23. The molecule has 0 aliphatic heterocycles. The Hall–Kier alpha value is -0.610. The molecule has 0 rings (SSSR count). The molecule has 90 valence electrons. The van der Waals surface area contributed by atoms with Crippen molar-refractivity contribution in [1.82, 2.24) is 5.32 Å². The topological polar surface area (TPSA) is 64.3 Å². The number of nitrogens with one attached hydrogen (secondary N) is 1. The summed E-state index contributed by atoms with van der Waals surface area (Å²) < 4.78 is 4.93. The first-order valence-corrected chi connectivity index (χ1v) is 5.31. The molecule has 0 aliphatic carbocycles. The molecule has 0 aromatic heterocycles. The summed E-state index contributed by atoms with van der Waals surface area (Å²) in [7, 11) is 1.61. The van der Waals surface area contributed by atoms with Gasteiger partial charge in [-0.15, -0.1) is 0 Å². The van der Waals surface area contributed by atoms with Crippen LogP contribution in [0.3, 0.4) is 0 Å². The Balaban J connectivity index is 3.94. The van der Waals surface area contributed by atoms with Crippen molar-refractivity contribution >= 4 is 5.91 Å². The van der Waals surface area contributed by atoms with Crippen LogP contribution in [0.5, 0.6) is 0 Å². The van der Waals surface area contributed by atoms with E-state index in [-0.39, 0.29) is 23.4 Å². The van der Waals surface area contributed by atoms with E-state index in [9.17, 15) is 4.79 Å². The molecule has 0 aromatic carbocycles. The number of ether oxygens (including phenoxy) is 1. The Kier molecular flexibility index (Phi) is 5.83. The molecule has 3 N–H and O–H groups in total. The van der Waals surface area contributed by atoms with E-state index in [1.54, 1.807) is 7.11 Å². The number of carbonyl (C=O) groups is 1. The molecule has 1 amide bonds. The van der Waals surface area contributed by atoms with E-state index in [2.05, 4.69) is 5.32 Å². The minimum Gasteiger partial charge on any atom is -0.383 e. The third kappa shape index (κ3) is 6.47. The van der Waals surface area contributed by atoms with Crippen LogP contribution in [-0.4, -0.2) is 31.7 Å².